The second-order valence-corrected chi connectivity index (χ2v) is 4.03. The maximum atomic E-state index is 11.7. The fraction of sp³-hybridized carbons (Fsp3) is 0.700. The van der Waals surface area contributed by atoms with Crippen LogP contribution in [0.5, 0.6) is 0 Å². The Morgan fingerprint density at radius 3 is 2.65 bits per heavy atom. The van der Waals surface area contributed by atoms with E-state index in [0.29, 0.717) is 6.42 Å². The van der Waals surface area contributed by atoms with Crippen molar-refractivity contribution in [3.05, 3.63) is 20.8 Å². The van der Waals surface area contributed by atoms with Crippen molar-refractivity contribution >= 4 is 5.82 Å². The van der Waals surface area contributed by atoms with Crippen LogP contribution in [0.1, 0.15) is 19.8 Å². The minimum Gasteiger partial charge on any atom is -0.396 e. The highest BCUT2D eigenvalue weighted by molar-refractivity contribution is 5.30. The topological polar surface area (TPSA) is 89.2 Å². The van der Waals surface area contributed by atoms with Crippen molar-refractivity contribution in [2.75, 3.05) is 11.9 Å². The third kappa shape index (κ3) is 3.16. The van der Waals surface area contributed by atoms with Crippen LogP contribution in [0, 0.1) is 0 Å². The van der Waals surface area contributed by atoms with E-state index in [0.717, 1.165) is 15.7 Å². The molecule has 1 heterocycles. The van der Waals surface area contributed by atoms with Crippen LogP contribution in [0.3, 0.4) is 0 Å². The molecule has 1 aromatic rings. The number of hydrogen-bond donors (Lipinski definition) is 2. The van der Waals surface area contributed by atoms with E-state index in [2.05, 4.69) is 10.4 Å². The van der Waals surface area contributed by atoms with E-state index >= 15 is 0 Å². The Labute approximate surface area is 98.7 Å². The zero-order valence-corrected chi connectivity index (χ0v) is 10.3. The summed E-state index contributed by atoms with van der Waals surface area (Å²) in [5, 5.41) is 15.5. The summed E-state index contributed by atoms with van der Waals surface area (Å²) in [6.07, 6.45) is 1.38. The van der Waals surface area contributed by atoms with Crippen LogP contribution < -0.4 is 16.6 Å². The second kappa shape index (κ2) is 5.62. The zero-order chi connectivity index (χ0) is 13.0. The van der Waals surface area contributed by atoms with Crippen LogP contribution in [0.25, 0.3) is 0 Å². The van der Waals surface area contributed by atoms with E-state index < -0.39 is 11.2 Å². The van der Waals surface area contributed by atoms with Crippen LogP contribution in [0.2, 0.25) is 0 Å². The number of hydrogen-bond acceptors (Lipinski definition) is 5. The van der Waals surface area contributed by atoms with Gasteiger partial charge in [-0.3, -0.25) is 9.36 Å². The van der Waals surface area contributed by atoms with E-state index in [-0.39, 0.29) is 18.5 Å². The quantitative estimate of drug-likeness (QED) is 0.695. The fourth-order valence-corrected chi connectivity index (χ4v) is 1.49. The molecule has 1 rings (SSSR count). The molecule has 17 heavy (non-hydrogen) atoms. The summed E-state index contributed by atoms with van der Waals surface area (Å²) < 4.78 is 2.12. The predicted octanol–water partition coefficient (Wildman–Crippen LogP) is -0.948. The van der Waals surface area contributed by atoms with Gasteiger partial charge in [-0.1, -0.05) is 0 Å². The molecule has 0 bridgehead atoms. The molecule has 7 nitrogen and oxygen atoms in total. The normalized spacial score (nSPS) is 12.5. The predicted molar refractivity (Wildman–Crippen MR) is 64.1 cm³/mol. The van der Waals surface area contributed by atoms with E-state index in [9.17, 15) is 9.59 Å². The van der Waals surface area contributed by atoms with Gasteiger partial charge in [-0.25, -0.2) is 9.48 Å². The number of aliphatic hydroxyl groups is 1. The Morgan fingerprint density at radius 2 is 2.06 bits per heavy atom. The summed E-state index contributed by atoms with van der Waals surface area (Å²) in [5.41, 5.74) is -0.896. The number of rotatable bonds is 5. The summed E-state index contributed by atoms with van der Waals surface area (Å²) in [4.78, 5) is 23.1. The zero-order valence-electron chi connectivity index (χ0n) is 10.3. The number of aromatic nitrogens is 3. The van der Waals surface area contributed by atoms with E-state index in [1.54, 1.807) is 0 Å². The highest BCUT2D eigenvalue weighted by atomic mass is 16.3. The van der Waals surface area contributed by atoms with Crippen molar-refractivity contribution in [1.29, 1.82) is 0 Å². The lowest BCUT2D eigenvalue weighted by atomic mass is 10.2. The molecule has 0 fully saturated rings. The van der Waals surface area contributed by atoms with Gasteiger partial charge in [0.15, 0.2) is 0 Å². The van der Waals surface area contributed by atoms with E-state index in [1.807, 2.05) is 6.92 Å². The van der Waals surface area contributed by atoms with Crippen molar-refractivity contribution in [2.45, 2.75) is 25.8 Å². The van der Waals surface area contributed by atoms with Crippen LogP contribution in [-0.4, -0.2) is 32.1 Å². The molecule has 2 N–H and O–H groups in total. The number of nitrogens with zero attached hydrogens (tertiary/aromatic N) is 3. The Bertz CT molecular complexity index is 491. The minimum atomic E-state index is -0.455. The lowest BCUT2D eigenvalue weighted by molar-refractivity contribution is 0.282. The first-order valence-corrected chi connectivity index (χ1v) is 5.49. The third-order valence-corrected chi connectivity index (χ3v) is 2.50. The summed E-state index contributed by atoms with van der Waals surface area (Å²) in [7, 11) is 2.90. The molecule has 0 aliphatic carbocycles. The van der Waals surface area contributed by atoms with Crippen molar-refractivity contribution in [1.82, 2.24) is 14.3 Å². The van der Waals surface area contributed by atoms with Crippen molar-refractivity contribution < 1.29 is 5.11 Å². The van der Waals surface area contributed by atoms with Crippen molar-refractivity contribution in [2.24, 2.45) is 14.1 Å². The van der Waals surface area contributed by atoms with Crippen molar-refractivity contribution in [3.8, 4) is 0 Å². The average molecular weight is 242 g/mol. The largest absolute Gasteiger partial charge is 0.396 e. The second-order valence-electron chi connectivity index (χ2n) is 4.03. The molecule has 0 radical (unpaired) electrons. The highest BCUT2D eigenvalue weighted by Gasteiger charge is 2.10. The summed E-state index contributed by atoms with van der Waals surface area (Å²) in [6, 6.07) is 0.0138. The first-order chi connectivity index (χ1) is 7.97. The van der Waals surface area contributed by atoms with Crippen LogP contribution in [-0.2, 0) is 14.1 Å². The Hall–Kier alpha value is -1.63. The molecule has 1 unspecified atom stereocenters. The highest BCUT2D eigenvalue weighted by Crippen LogP contribution is 2.01. The van der Waals surface area contributed by atoms with Gasteiger partial charge in [0.1, 0.15) is 0 Å². The Balaban J connectivity index is 2.93. The Morgan fingerprint density at radius 1 is 1.41 bits per heavy atom. The molecular weight excluding hydrogens is 224 g/mol. The number of aliphatic hydroxyl groups excluding tert-OH is 1. The monoisotopic (exact) mass is 242 g/mol. The van der Waals surface area contributed by atoms with Crippen molar-refractivity contribution in [3.63, 3.8) is 0 Å². The molecule has 0 aliphatic heterocycles. The molecule has 0 aromatic carbocycles. The van der Waals surface area contributed by atoms with Gasteiger partial charge in [-0.05, 0) is 19.8 Å². The lowest BCUT2D eigenvalue weighted by Crippen LogP contribution is -2.40. The number of aryl methyl sites for hydroxylation is 1. The third-order valence-electron chi connectivity index (χ3n) is 2.50. The van der Waals surface area contributed by atoms with Gasteiger partial charge < -0.3 is 10.4 Å². The van der Waals surface area contributed by atoms with Crippen LogP contribution in [0.4, 0.5) is 5.82 Å². The number of anilines is 1. The van der Waals surface area contributed by atoms with Gasteiger partial charge in [0.2, 0.25) is 5.82 Å². The molecular formula is C10H18N4O3. The minimum absolute atomic E-state index is 0.0138. The van der Waals surface area contributed by atoms with Gasteiger partial charge >= 0.3 is 5.69 Å². The van der Waals surface area contributed by atoms with E-state index in [1.165, 1.54) is 14.1 Å². The van der Waals surface area contributed by atoms with Gasteiger partial charge in [-0.2, -0.15) is 0 Å². The molecule has 0 amide bonds. The first-order valence-electron chi connectivity index (χ1n) is 5.49. The molecule has 1 atom stereocenters. The standard InChI is InChI=1S/C10H18N4O3/c1-7(5-4-6-15)11-8-9(16)13(2)10(17)14(3)12-8/h7,15H,4-6H2,1-3H3,(H,11,12). The van der Waals surface area contributed by atoms with Gasteiger partial charge in [0.25, 0.3) is 5.56 Å². The number of nitrogens with one attached hydrogen (secondary N) is 1. The summed E-state index contributed by atoms with van der Waals surface area (Å²) in [6.45, 7) is 2.01. The SMILES string of the molecule is CC(CCCO)Nc1nn(C)c(=O)n(C)c1=O. The summed E-state index contributed by atoms with van der Waals surface area (Å²) in [5.74, 6) is 0.153. The molecule has 0 saturated carbocycles. The fourth-order valence-electron chi connectivity index (χ4n) is 1.49. The van der Waals surface area contributed by atoms with Crippen LogP contribution in [0.15, 0.2) is 9.59 Å². The average Bonchev–Trinajstić information content (AvgIpc) is 2.30. The first kappa shape index (κ1) is 13.4. The molecule has 0 aliphatic rings. The molecule has 1 aromatic heterocycles. The maximum Gasteiger partial charge on any atom is 0.346 e. The molecule has 96 valence electrons. The van der Waals surface area contributed by atoms with E-state index in [4.69, 9.17) is 5.11 Å². The van der Waals surface area contributed by atoms with Crippen LogP contribution >= 0.6 is 0 Å². The maximum absolute atomic E-state index is 11.7. The Kier molecular flexibility index (Phi) is 4.45. The van der Waals surface area contributed by atoms with Gasteiger partial charge in [0.05, 0.1) is 0 Å². The molecule has 7 heteroatoms. The lowest BCUT2D eigenvalue weighted by Gasteiger charge is -2.14. The van der Waals surface area contributed by atoms with Gasteiger partial charge in [-0.15, -0.1) is 5.10 Å². The molecule has 0 saturated heterocycles. The summed E-state index contributed by atoms with van der Waals surface area (Å²) >= 11 is 0. The smallest absolute Gasteiger partial charge is 0.346 e. The van der Waals surface area contributed by atoms with Gasteiger partial charge in [0, 0.05) is 26.7 Å². The molecule has 0 spiro atoms.